The zero-order valence-corrected chi connectivity index (χ0v) is 10.9. The van der Waals surface area contributed by atoms with Gasteiger partial charge >= 0.3 is 0 Å². The highest BCUT2D eigenvalue weighted by Crippen LogP contribution is 2.12. The van der Waals surface area contributed by atoms with Crippen molar-refractivity contribution in [3.8, 4) is 0 Å². The Bertz CT molecular complexity index is 381. The molecule has 1 aromatic rings. The van der Waals surface area contributed by atoms with Crippen LogP contribution in [0.25, 0.3) is 5.57 Å². The van der Waals surface area contributed by atoms with Crippen molar-refractivity contribution in [1.82, 2.24) is 4.90 Å². The van der Waals surface area contributed by atoms with Crippen molar-refractivity contribution in [1.29, 1.82) is 0 Å². The topological polar surface area (TPSA) is 20.3 Å². The molecular weight excluding hydrogens is 210 g/mol. The molecule has 0 radical (unpaired) electrons. The summed E-state index contributed by atoms with van der Waals surface area (Å²) in [6.07, 6.45) is 3.12. The van der Waals surface area contributed by atoms with E-state index in [1.54, 1.807) is 6.92 Å². The minimum atomic E-state index is 0.143. The third-order valence-electron chi connectivity index (χ3n) is 2.79. The van der Waals surface area contributed by atoms with Crippen LogP contribution in [0.15, 0.2) is 36.4 Å². The fraction of sp³-hybridized carbons (Fsp3) is 0.400. The van der Waals surface area contributed by atoms with Crippen LogP contribution < -0.4 is 0 Å². The molecule has 1 aromatic carbocycles. The Labute approximate surface area is 104 Å². The van der Waals surface area contributed by atoms with Gasteiger partial charge in [0.15, 0.2) is 0 Å². The van der Waals surface area contributed by atoms with Crippen molar-refractivity contribution in [2.45, 2.75) is 27.2 Å². The Hall–Kier alpha value is -1.57. The molecule has 92 valence electrons. The second-order valence-electron chi connectivity index (χ2n) is 4.22. The molecule has 0 saturated heterocycles. The smallest absolute Gasteiger partial charge is 0.219 e. The van der Waals surface area contributed by atoms with Gasteiger partial charge in [-0.3, -0.25) is 4.79 Å². The summed E-state index contributed by atoms with van der Waals surface area (Å²) < 4.78 is 0. The van der Waals surface area contributed by atoms with Gasteiger partial charge in [-0.1, -0.05) is 43.3 Å². The Morgan fingerprint density at radius 2 is 1.88 bits per heavy atom. The lowest BCUT2D eigenvalue weighted by Crippen LogP contribution is -2.29. The van der Waals surface area contributed by atoms with Gasteiger partial charge in [0.1, 0.15) is 0 Å². The fourth-order valence-electron chi connectivity index (χ4n) is 1.71. The number of allylic oxidation sites excluding steroid dienone is 1. The van der Waals surface area contributed by atoms with E-state index in [4.69, 9.17) is 0 Å². The summed E-state index contributed by atoms with van der Waals surface area (Å²) in [5.74, 6) is 0.143. The van der Waals surface area contributed by atoms with E-state index in [9.17, 15) is 4.79 Å². The zero-order valence-electron chi connectivity index (χ0n) is 10.9. The second kappa shape index (κ2) is 6.89. The monoisotopic (exact) mass is 231 g/mol. The van der Waals surface area contributed by atoms with Crippen LogP contribution in [0, 0.1) is 0 Å². The van der Waals surface area contributed by atoms with E-state index in [1.165, 1.54) is 11.1 Å². The highest BCUT2D eigenvalue weighted by molar-refractivity contribution is 5.74. The van der Waals surface area contributed by atoms with Crippen LogP contribution in [0.3, 0.4) is 0 Å². The van der Waals surface area contributed by atoms with Crippen molar-refractivity contribution >= 4 is 11.5 Å². The molecule has 0 spiro atoms. The zero-order chi connectivity index (χ0) is 12.7. The summed E-state index contributed by atoms with van der Waals surface area (Å²) in [7, 11) is 0. The SMILES string of the molecule is CCCN(CC=C(C)c1ccccc1)C(C)=O. The number of carbonyl (C=O) groups is 1. The van der Waals surface area contributed by atoms with Crippen LogP contribution in [0.2, 0.25) is 0 Å². The molecule has 0 N–H and O–H groups in total. The first-order valence-electron chi connectivity index (χ1n) is 6.12. The Kier molecular flexibility index (Phi) is 5.47. The predicted molar refractivity (Wildman–Crippen MR) is 72.6 cm³/mol. The molecule has 1 rings (SSSR count). The lowest BCUT2D eigenvalue weighted by atomic mass is 10.1. The first kappa shape index (κ1) is 13.5. The first-order chi connectivity index (χ1) is 8.15. The maximum absolute atomic E-state index is 11.4. The molecule has 2 nitrogen and oxygen atoms in total. The number of hydrogen-bond acceptors (Lipinski definition) is 1. The van der Waals surface area contributed by atoms with Gasteiger partial charge in [-0.05, 0) is 24.5 Å². The predicted octanol–water partition coefficient (Wildman–Crippen LogP) is 3.35. The summed E-state index contributed by atoms with van der Waals surface area (Å²) in [5.41, 5.74) is 2.43. The van der Waals surface area contributed by atoms with Crippen LogP contribution >= 0.6 is 0 Å². The average molecular weight is 231 g/mol. The van der Waals surface area contributed by atoms with Crippen LogP contribution in [0.4, 0.5) is 0 Å². The van der Waals surface area contributed by atoms with E-state index >= 15 is 0 Å². The summed E-state index contributed by atoms with van der Waals surface area (Å²) in [6.45, 7) is 7.32. The number of rotatable bonds is 5. The quantitative estimate of drug-likeness (QED) is 0.761. The maximum Gasteiger partial charge on any atom is 0.219 e. The van der Waals surface area contributed by atoms with Gasteiger partial charge in [0.2, 0.25) is 5.91 Å². The molecule has 2 heteroatoms. The van der Waals surface area contributed by atoms with Crippen molar-refractivity contribution in [3.05, 3.63) is 42.0 Å². The van der Waals surface area contributed by atoms with E-state index < -0.39 is 0 Å². The summed E-state index contributed by atoms with van der Waals surface area (Å²) in [6, 6.07) is 10.2. The maximum atomic E-state index is 11.4. The number of carbonyl (C=O) groups excluding carboxylic acids is 1. The van der Waals surface area contributed by atoms with Gasteiger partial charge in [-0.2, -0.15) is 0 Å². The summed E-state index contributed by atoms with van der Waals surface area (Å²) >= 11 is 0. The van der Waals surface area contributed by atoms with Crippen LogP contribution in [-0.4, -0.2) is 23.9 Å². The lowest BCUT2D eigenvalue weighted by molar-refractivity contribution is -0.128. The van der Waals surface area contributed by atoms with E-state index in [2.05, 4.69) is 32.1 Å². The molecule has 0 bridgehead atoms. The minimum Gasteiger partial charge on any atom is -0.339 e. The first-order valence-corrected chi connectivity index (χ1v) is 6.12. The summed E-state index contributed by atoms with van der Waals surface area (Å²) in [4.78, 5) is 13.2. The fourth-order valence-corrected chi connectivity index (χ4v) is 1.71. The Morgan fingerprint density at radius 1 is 1.24 bits per heavy atom. The van der Waals surface area contributed by atoms with Gasteiger partial charge in [-0.25, -0.2) is 0 Å². The van der Waals surface area contributed by atoms with E-state index in [0.29, 0.717) is 6.54 Å². The van der Waals surface area contributed by atoms with Gasteiger partial charge in [-0.15, -0.1) is 0 Å². The minimum absolute atomic E-state index is 0.143. The van der Waals surface area contributed by atoms with Gasteiger partial charge in [0.05, 0.1) is 0 Å². The van der Waals surface area contributed by atoms with Crippen molar-refractivity contribution in [2.24, 2.45) is 0 Å². The highest BCUT2D eigenvalue weighted by Gasteiger charge is 2.05. The Morgan fingerprint density at radius 3 is 2.41 bits per heavy atom. The Balaban J connectivity index is 2.66. The molecule has 0 heterocycles. The molecule has 0 aliphatic heterocycles. The number of nitrogens with zero attached hydrogens (tertiary/aromatic N) is 1. The van der Waals surface area contributed by atoms with Crippen molar-refractivity contribution in [2.75, 3.05) is 13.1 Å². The summed E-state index contributed by atoms with van der Waals surface area (Å²) in [5, 5.41) is 0. The molecule has 0 aliphatic rings. The van der Waals surface area contributed by atoms with Crippen LogP contribution in [-0.2, 0) is 4.79 Å². The lowest BCUT2D eigenvalue weighted by Gasteiger charge is -2.18. The van der Waals surface area contributed by atoms with Gasteiger partial charge < -0.3 is 4.90 Å². The molecular formula is C15H21NO. The molecule has 17 heavy (non-hydrogen) atoms. The molecule has 0 atom stereocenters. The average Bonchev–Trinajstić information content (AvgIpc) is 2.34. The van der Waals surface area contributed by atoms with E-state index in [-0.39, 0.29) is 5.91 Å². The highest BCUT2D eigenvalue weighted by atomic mass is 16.2. The number of amides is 1. The van der Waals surface area contributed by atoms with Gasteiger partial charge in [0.25, 0.3) is 0 Å². The number of benzene rings is 1. The molecule has 1 amide bonds. The molecule has 0 fully saturated rings. The van der Waals surface area contributed by atoms with Crippen molar-refractivity contribution in [3.63, 3.8) is 0 Å². The van der Waals surface area contributed by atoms with Crippen LogP contribution in [0.1, 0.15) is 32.8 Å². The molecule has 0 saturated carbocycles. The molecule has 0 aliphatic carbocycles. The van der Waals surface area contributed by atoms with Crippen LogP contribution in [0.5, 0.6) is 0 Å². The second-order valence-corrected chi connectivity index (χ2v) is 4.22. The number of hydrogen-bond donors (Lipinski definition) is 0. The molecule has 0 aromatic heterocycles. The van der Waals surface area contributed by atoms with Gasteiger partial charge in [0, 0.05) is 20.0 Å². The van der Waals surface area contributed by atoms with E-state index in [1.807, 2.05) is 23.1 Å². The molecule has 0 unspecified atom stereocenters. The third-order valence-corrected chi connectivity index (χ3v) is 2.79. The largest absolute Gasteiger partial charge is 0.339 e. The van der Waals surface area contributed by atoms with E-state index in [0.717, 1.165) is 13.0 Å². The van der Waals surface area contributed by atoms with Crippen molar-refractivity contribution < 1.29 is 4.79 Å². The standard InChI is InChI=1S/C15H21NO/c1-4-11-16(14(3)17)12-10-13(2)15-8-6-5-7-9-15/h5-10H,4,11-12H2,1-3H3. The normalized spacial score (nSPS) is 11.4. The third kappa shape index (κ3) is 4.43.